The third-order valence-corrected chi connectivity index (χ3v) is 1.83. The van der Waals surface area contributed by atoms with E-state index in [1.165, 1.54) is 0 Å². The van der Waals surface area contributed by atoms with Crippen LogP contribution in [0.3, 0.4) is 0 Å². The molecular formula is C11H12N4O. The highest BCUT2D eigenvalue weighted by molar-refractivity contribution is 5.58. The van der Waals surface area contributed by atoms with Gasteiger partial charge in [0.1, 0.15) is 0 Å². The minimum Gasteiger partial charge on any atom is -0.402 e. The van der Waals surface area contributed by atoms with E-state index in [0.717, 1.165) is 5.56 Å². The lowest BCUT2D eigenvalue weighted by Gasteiger charge is -1.99. The minimum absolute atomic E-state index is 0.257. The summed E-state index contributed by atoms with van der Waals surface area (Å²) in [7, 11) is 3.75. The molecule has 0 aliphatic rings. The standard InChI is InChI=1S/C11H12N4O/c1-15(2)8-12-11-14-13-10(16-11)9-6-4-3-5-7-9/h3-8H,1-2H3. The van der Waals surface area contributed by atoms with Crippen LogP contribution in [-0.4, -0.2) is 35.5 Å². The molecule has 2 rings (SSSR count). The minimum atomic E-state index is 0.257. The maximum Gasteiger partial charge on any atom is 0.344 e. The highest BCUT2D eigenvalue weighted by Crippen LogP contribution is 2.20. The predicted molar refractivity (Wildman–Crippen MR) is 61.6 cm³/mol. The molecule has 1 aromatic carbocycles. The number of aliphatic imine (C=N–C) groups is 1. The molecule has 5 heteroatoms. The van der Waals surface area contributed by atoms with Crippen LogP contribution in [0.2, 0.25) is 0 Å². The monoisotopic (exact) mass is 216 g/mol. The molecule has 0 bridgehead atoms. The molecule has 0 fully saturated rings. The van der Waals surface area contributed by atoms with Gasteiger partial charge in [-0.15, -0.1) is 5.10 Å². The van der Waals surface area contributed by atoms with Gasteiger partial charge in [-0.2, -0.15) is 4.99 Å². The fourth-order valence-electron chi connectivity index (χ4n) is 1.13. The van der Waals surface area contributed by atoms with Crippen molar-refractivity contribution < 1.29 is 4.42 Å². The van der Waals surface area contributed by atoms with Crippen LogP contribution in [0.25, 0.3) is 11.5 Å². The topological polar surface area (TPSA) is 54.5 Å². The Kier molecular flexibility index (Phi) is 2.95. The van der Waals surface area contributed by atoms with Crippen LogP contribution >= 0.6 is 0 Å². The molecule has 0 radical (unpaired) electrons. The molecule has 0 saturated heterocycles. The second-order valence-electron chi connectivity index (χ2n) is 3.46. The van der Waals surface area contributed by atoms with Crippen LogP contribution in [-0.2, 0) is 0 Å². The summed E-state index contributed by atoms with van der Waals surface area (Å²) < 4.78 is 5.37. The highest BCUT2D eigenvalue weighted by atomic mass is 16.4. The fraction of sp³-hybridized carbons (Fsp3) is 0.182. The molecule has 1 heterocycles. The van der Waals surface area contributed by atoms with E-state index in [9.17, 15) is 0 Å². The second-order valence-corrected chi connectivity index (χ2v) is 3.46. The molecule has 5 nitrogen and oxygen atoms in total. The van der Waals surface area contributed by atoms with Crippen molar-refractivity contribution in [2.24, 2.45) is 4.99 Å². The van der Waals surface area contributed by atoms with Crippen LogP contribution < -0.4 is 0 Å². The summed E-state index contributed by atoms with van der Waals surface area (Å²) in [5.74, 6) is 0.478. The van der Waals surface area contributed by atoms with E-state index in [-0.39, 0.29) is 6.01 Å². The lowest BCUT2D eigenvalue weighted by molar-refractivity contribution is 0.574. The van der Waals surface area contributed by atoms with Crippen LogP contribution in [0.15, 0.2) is 39.7 Å². The Morgan fingerprint density at radius 1 is 1.19 bits per heavy atom. The first-order valence-electron chi connectivity index (χ1n) is 4.85. The molecular weight excluding hydrogens is 204 g/mol. The Morgan fingerprint density at radius 2 is 1.94 bits per heavy atom. The number of hydrogen-bond acceptors (Lipinski definition) is 4. The van der Waals surface area contributed by atoms with Crippen molar-refractivity contribution in [2.75, 3.05) is 14.1 Å². The average molecular weight is 216 g/mol. The van der Waals surface area contributed by atoms with E-state index in [1.54, 1.807) is 11.2 Å². The van der Waals surface area contributed by atoms with E-state index < -0.39 is 0 Å². The van der Waals surface area contributed by atoms with Crippen molar-refractivity contribution in [2.45, 2.75) is 0 Å². The average Bonchev–Trinajstić information content (AvgIpc) is 2.76. The molecule has 1 aromatic heterocycles. The van der Waals surface area contributed by atoms with Crippen molar-refractivity contribution in [3.8, 4) is 11.5 Å². The Bertz CT molecular complexity index is 476. The molecule has 0 aliphatic carbocycles. The Morgan fingerprint density at radius 3 is 2.62 bits per heavy atom. The lowest BCUT2D eigenvalue weighted by atomic mass is 10.2. The van der Waals surface area contributed by atoms with Crippen LogP contribution in [0.5, 0.6) is 0 Å². The third kappa shape index (κ3) is 2.44. The molecule has 82 valence electrons. The van der Waals surface area contributed by atoms with Gasteiger partial charge in [0.25, 0.3) is 0 Å². The fourth-order valence-corrected chi connectivity index (χ4v) is 1.13. The molecule has 0 unspecified atom stereocenters. The van der Waals surface area contributed by atoms with E-state index in [0.29, 0.717) is 5.89 Å². The van der Waals surface area contributed by atoms with Crippen molar-refractivity contribution in [1.29, 1.82) is 0 Å². The van der Waals surface area contributed by atoms with E-state index in [4.69, 9.17) is 4.42 Å². The Balaban J connectivity index is 2.20. The summed E-state index contributed by atoms with van der Waals surface area (Å²) in [6.45, 7) is 0. The maximum atomic E-state index is 5.37. The molecule has 0 atom stereocenters. The molecule has 2 aromatic rings. The SMILES string of the molecule is CN(C)C=Nc1nnc(-c2ccccc2)o1. The highest BCUT2D eigenvalue weighted by Gasteiger charge is 2.05. The summed E-state index contributed by atoms with van der Waals surface area (Å²) in [5.41, 5.74) is 0.890. The zero-order valence-electron chi connectivity index (χ0n) is 9.16. The van der Waals surface area contributed by atoms with E-state index >= 15 is 0 Å². The first-order chi connectivity index (χ1) is 7.75. The van der Waals surface area contributed by atoms with Gasteiger partial charge >= 0.3 is 6.01 Å². The van der Waals surface area contributed by atoms with E-state index in [2.05, 4.69) is 15.2 Å². The lowest BCUT2D eigenvalue weighted by Crippen LogP contribution is -2.06. The van der Waals surface area contributed by atoms with Crippen LogP contribution in [0.4, 0.5) is 6.01 Å². The van der Waals surface area contributed by atoms with Gasteiger partial charge in [-0.05, 0) is 12.1 Å². The first kappa shape index (κ1) is 10.4. The van der Waals surface area contributed by atoms with Gasteiger partial charge < -0.3 is 9.32 Å². The van der Waals surface area contributed by atoms with Gasteiger partial charge in [-0.1, -0.05) is 23.3 Å². The summed E-state index contributed by atoms with van der Waals surface area (Å²) in [6, 6.07) is 9.85. The molecule has 16 heavy (non-hydrogen) atoms. The largest absolute Gasteiger partial charge is 0.402 e. The number of aromatic nitrogens is 2. The summed E-state index contributed by atoms with van der Waals surface area (Å²) in [4.78, 5) is 5.81. The normalized spacial score (nSPS) is 10.9. The summed E-state index contributed by atoms with van der Waals surface area (Å²) in [6.07, 6.45) is 1.61. The summed E-state index contributed by atoms with van der Waals surface area (Å²) in [5, 5.41) is 7.74. The zero-order valence-corrected chi connectivity index (χ0v) is 9.16. The second kappa shape index (κ2) is 4.57. The Hall–Kier alpha value is -2.17. The number of rotatable bonds is 3. The number of benzene rings is 1. The maximum absolute atomic E-state index is 5.37. The smallest absolute Gasteiger partial charge is 0.344 e. The van der Waals surface area contributed by atoms with Crippen molar-refractivity contribution in [3.05, 3.63) is 30.3 Å². The van der Waals surface area contributed by atoms with Gasteiger partial charge in [-0.25, -0.2) is 0 Å². The molecule has 0 N–H and O–H groups in total. The molecule has 0 spiro atoms. The van der Waals surface area contributed by atoms with Gasteiger partial charge in [0, 0.05) is 19.7 Å². The quantitative estimate of drug-likeness (QED) is 0.581. The number of nitrogens with zero attached hydrogens (tertiary/aromatic N) is 4. The predicted octanol–water partition coefficient (Wildman–Crippen LogP) is 1.96. The third-order valence-electron chi connectivity index (χ3n) is 1.83. The van der Waals surface area contributed by atoms with Crippen molar-refractivity contribution >= 4 is 12.4 Å². The van der Waals surface area contributed by atoms with E-state index in [1.807, 2.05) is 44.4 Å². The van der Waals surface area contributed by atoms with Gasteiger partial charge in [0.05, 0.1) is 6.34 Å². The number of hydrogen-bond donors (Lipinski definition) is 0. The first-order valence-corrected chi connectivity index (χ1v) is 4.85. The van der Waals surface area contributed by atoms with Gasteiger partial charge in [-0.3, -0.25) is 0 Å². The molecule has 0 saturated carbocycles. The van der Waals surface area contributed by atoms with Crippen LogP contribution in [0.1, 0.15) is 0 Å². The van der Waals surface area contributed by atoms with Gasteiger partial charge in [0.2, 0.25) is 5.89 Å². The van der Waals surface area contributed by atoms with Crippen molar-refractivity contribution in [1.82, 2.24) is 15.1 Å². The van der Waals surface area contributed by atoms with Crippen LogP contribution in [0, 0.1) is 0 Å². The molecule has 0 amide bonds. The molecule has 0 aliphatic heterocycles. The van der Waals surface area contributed by atoms with Crippen molar-refractivity contribution in [3.63, 3.8) is 0 Å². The van der Waals surface area contributed by atoms with Gasteiger partial charge in [0.15, 0.2) is 0 Å². The summed E-state index contributed by atoms with van der Waals surface area (Å²) >= 11 is 0. The Labute approximate surface area is 93.4 Å². The zero-order chi connectivity index (χ0) is 11.4.